The van der Waals surface area contributed by atoms with Crippen LogP contribution < -0.4 is 4.74 Å². The number of phenolic OH excluding ortho intramolecular Hbond substituents is 1. The van der Waals surface area contributed by atoms with Crippen molar-refractivity contribution in [2.75, 3.05) is 27.2 Å². The predicted octanol–water partition coefficient (Wildman–Crippen LogP) is 5.68. The molecule has 0 spiro atoms. The maximum Gasteiger partial charge on any atom is 0.195 e. The van der Waals surface area contributed by atoms with Gasteiger partial charge in [-0.1, -0.05) is 30.4 Å². The second-order valence-electron chi connectivity index (χ2n) is 7.70. The Morgan fingerprint density at radius 3 is 2.68 bits per heavy atom. The lowest BCUT2D eigenvalue weighted by Crippen LogP contribution is -2.19. The lowest BCUT2D eigenvalue weighted by molar-refractivity contribution is 0.104. The fourth-order valence-electron chi connectivity index (χ4n) is 3.48. The molecule has 1 aromatic heterocycles. The molecule has 4 rings (SSSR count). The van der Waals surface area contributed by atoms with E-state index >= 15 is 0 Å². The second-order valence-corrected chi connectivity index (χ2v) is 8.75. The average Bonchev–Trinajstić information content (AvgIpc) is 2.92. The highest BCUT2D eigenvalue weighted by atomic mass is 32.1. The maximum absolute atomic E-state index is 13.6. The number of ketones is 1. The number of carbonyl (C=O) groups is 1. The van der Waals surface area contributed by atoms with Crippen LogP contribution in [-0.2, 0) is 0 Å². The fourth-order valence-corrected chi connectivity index (χ4v) is 4.74. The summed E-state index contributed by atoms with van der Waals surface area (Å²) in [4.78, 5) is 16.6. The van der Waals surface area contributed by atoms with E-state index < -0.39 is 0 Å². The van der Waals surface area contributed by atoms with Crippen molar-refractivity contribution in [3.8, 4) is 11.5 Å². The Morgan fingerprint density at radius 2 is 1.90 bits per heavy atom. The zero-order valence-corrected chi connectivity index (χ0v) is 18.5. The van der Waals surface area contributed by atoms with Crippen molar-refractivity contribution in [1.29, 1.82) is 0 Å². The largest absolute Gasteiger partial charge is 0.508 e. The third-order valence-corrected chi connectivity index (χ3v) is 6.34. The molecule has 2 aromatic carbocycles. The number of likely N-dealkylation sites (N-methyl/N-ethyl adjacent to an activating group) is 1. The minimum absolute atomic E-state index is 0.0233. The van der Waals surface area contributed by atoms with E-state index in [0.29, 0.717) is 17.7 Å². The minimum Gasteiger partial charge on any atom is -0.508 e. The Morgan fingerprint density at radius 1 is 1.10 bits per heavy atom. The molecule has 5 heteroatoms. The third kappa shape index (κ3) is 4.79. The highest BCUT2D eigenvalue weighted by Gasteiger charge is 2.22. The monoisotopic (exact) mass is 431 g/mol. The van der Waals surface area contributed by atoms with Gasteiger partial charge in [0.2, 0.25) is 0 Å². The molecule has 0 fully saturated rings. The first-order valence-corrected chi connectivity index (χ1v) is 11.0. The average molecular weight is 432 g/mol. The normalized spacial score (nSPS) is 13.5. The number of ether oxygens (including phenoxy) is 1. The molecule has 0 radical (unpaired) electrons. The molecule has 1 aliphatic carbocycles. The number of fused-ring (bicyclic) bond motifs is 1. The number of rotatable bonds is 7. The number of hydrogen-bond acceptors (Lipinski definition) is 5. The van der Waals surface area contributed by atoms with Gasteiger partial charge in [0.05, 0.1) is 0 Å². The number of phenols is 1. The Labute approximate surface area is 186 Å². The van der Waals surface area contributed by atoms with E-state index in [1.54, 1.807) is 23.5 Å². The lowest BCUT2D eigenvalue weighted by Gasteiger charge is -2.11. The van der Waals surface area contributed by atoms with E-state index in [2.05, 4.69) is 17.1 Å². The highest BCUT2D eigenvalue weighted by molar-refractivity contribution is 7.20. The lowest BCUT2D eigenvalue weighted by atomic mass is 9.96. The molecule has 1 heterocycles. The molecule has 0 unspecified atom stereocenters. The summed E-state index contributed by atoms with van der Waals surface area (Å²) in [5.74, 6) is 0.929. The van der Waals surface area contributed by atoms with E-state index in [-0.39, 0.29) is 11.5 Å². The van der Waals surface area contributed by atoms with Gasteiger partial charge in [-0.15, -0.1) is 11.3 Å². The van der Waals surface area contributed by atoms with Crippen LogP contribution in [0.2, 0.25) is 0 Å². The van der Waals surface area contributed by atoms with E-state index in [9.17, 15) is 9.90 Å². The van der Waals surface area contributed by atoms with Crippen LogP contribution in [0.3, 0.4) is 0 Å². The summed E-state index contributed by atoms with van der Waals surface area (Å²) in [5.41, 5.74) is 2.41. The van der Waals surface area contributed by atoms with E-state index in [1.165, 1.54) is 0 Å². The number of aromatic hydroxyl groups is 1. The summed E-state index contributed by atoms with van der Waals surface area (Å²) < 4.78 is 6.66. The first-order valence-electron chi connectivity index (χ1n) is 10.2. The van der Waals surface area contributed by atoms with Crippen LogP contribution in [0.5, 0.6) is 11.5 Å². The Hall–Kier alpha value is -3.15. The van der Waals surface area contributed by atoms with Crippen LogP contribution in [0.1, 0.15) is 27.2 Å². The number of benzene rings is 2. The number of nitrogens with zero attached hydrogens (tertiary/aromatic N) is 1. The van der Waals surface area contributed by atoms with Gasteiger partial charge < -0.3 is 14.7 Å². The molecule has 0 aliphatic heterocycles. The number of carbonyl (C=O) groups excluding carboxylic acids is 1. The topological polar surface area (TPSA) is 49.8 Å². The summed E-state index contributed by atoms with van der Waals surface area (Å²) in [5, 5.41) is 10.8. The smallest absolute Gasteiger partial charge is 0.195 e. The van der Waals surface area contributed by atoms with Crippen molar-refractivity contribution in [2.45, 2.75) is 6.42 Å². The second kappa shape index (κ2) is 9.33. The van der Waals surface area contributed by atoms with Crippen molar-refractivity contribution < 1.29 is 14.6 Å². The number of hydrogen-bond donors (Lipinski definition) is 1. The number of thiophene rings is 1. The van der Waals surface area contributed by atoms with Crippen LogP contribution >= 0.6 is 11.3 Å². The molecule has 0 bridgehead atoms. The first-order chi connectivity index (χ1) is 15.0. The van der Waals surface area contributed by atoms with Crippen LogP contribution in [0.15, 0.2) is 72.8 Å². The molecule has 0 atom stereocenters. The van der Waals surface area contributed by atoms with Gasteiger partial charge >= 0.3 is 0 Å². The Kier molecular flexibility index (Phi) is 6.35. The Bertz CT molecular complexity index is 1180. The van der Waals surface area contributed by atoms with Gasteiger partial charge in [-0.3, -0.25) is 4.79 Å². The molecular weight excluding hydrogens is 406 g/mol. The van der Waals surface area contributed by atoms with E-state index in [1.807, 2.05) is 62.7 Å². The summed E-state index contributed by atoms with van der Waals surface area (Å²) >= 11 is 1.55. The van der Waals surface area contributed by atoms with Gasteiger partial charge in [0, 0.05) is 32.6 Å². The van der Waals surface area contributed by atoms with Crippen molar-refractivity contribution >= 4 is 32.8 Å². The predicted molar refractivity (Wildman–Crippen MR) is 128 cm³/mol. The van der Waals surface area contributed by atoms with Crippen LogP contribution in [0, 0.1) is 0 Å². The molecule has 0 saturated carbocycles. The van der Waals surface area contributed by atoms with Crippen molar-refractivity contribution in [1.82, 2.24) is 4.90 Å². The Balaban J connectivity index is 1.70. The van der Waals surface area contributed by atoms with Crippen LogP contribution in [-0.4, -0.2) is 43.0 Å². The molecule has 4 nitrogen and oxygen atoms in total. The summed E-state index contributed by atoms with van der Waals surface area (Å²) in [6.07, 6.45) is 10.9. The third-order valence-electron chi connectivity index (χ3n) is 5.11. The zero-order chi connectivity index (χ0) is 21.8. The van der Waals surface area contributed by atoms with Gasteiger partial charge in [0.25, 0.3) is 0 Å². The van der Waals surface area contributed by atoms with Crippen molar-refractivity contribution in [3.63, 3.8) is 0 Å². The molecule has 0 amide bonds. The van der Waals surface area contributed by atoms with Crippen LogP contribution in [0.25, 0.3) is 15.7 Å². The van der Waals surface area contributed by atoms with Crippen molar-refractivity contribution in [2.24, 2.45) is 0 Å². The molecular formula is C26H25NO3S. The highest BCUT2D eigenvalue weighted by Crippen LogP contribution is 2.40. The van der Waals surface area contributed by atoms with Gasteiger partial charge in [-0.2, -0.15) is 0 Å². The zero-order valence-electron chi connectivity index (χ0n) is 17.7. The molecule has 158 valence electrons. The van der Waals surface area contributed by atoms with E-state index in [0.717, 1.165) is 39.3 Å². The molecule has 1 N–H and O–H groups in total. The summed E-state index contributed by atoms with van der Waals surface area (Å²) in [6.45, 7) is 1.42. The quantitative estimate of drug-likeness (QED) is 0.489. The molecule has 1 aliphatic rings. The summed E-state index contributed by atoms with van der Waals surface area (Å²) in [6, 6.07) is 12.5. The fraction of sp³-hybridized carbons (Fsp3) is 0.192. The summed E-state index contributed by atoms with van der Waals surface area (Å²) in [7, 11) is 4.01. The van der Waals surface area contributed by atoms with Crippen LogP contribution in [0.4, 0.5) is 0 Å². The standard InChI is InChI=1S/C26H25NO3S/c1-27(2)15-16-30-21-12-9-18(10-13-21)25(29)24-22-14-11-20(28)17-23(22)31-26(24)19-7-5-3-4-6-8-19/h3-7,9-14,17,28H,8,15-16H2,1-2H3. The minimum atomic E-state index is -0.0233. The first kappa shape index (κ1) is 21.1. The molecule has 3 aromatic rings. The van der Waals surface area contributed by atoms with Gasteiger partial charge in [0.15, 0.2) is 5.78 Å². The molecule has 31 heavy (non-hydrogen) atoms. The van der Waals surface area contributed by atoms with E-state index in [4.69, 9.17) is 4.74 Å². The van der Waals surface area contributed by atoms with Gasteiger partial charge in [-0.05, 0) is 68.6 Å². The molecule has 0 saturated heterocycles. The number of allylic oxidation sites excluding steroid dienone is 6. The SMILES string of the molecule is CN(C)CCOc1ccc(C(=O)c2c(C3=CC=CC=CC3)sc3cc(O)ccc23)cc1. The maximum atomic E-state index is 13.6. The van der Waals surface area contributed by atoms with Crippen molar-refractivity contribution in [3.05, 3.63) is 88.8 Å². The van der Waals surface area contributed by atoms with Gasteiger partial charge in [0.1, 0.15) is 18.1 Å². The van der Waals surface area contributed by atoms with Gasteiger partial charge in [-0.25, -0.2) is 0 Å².